The minimum Gasteiger partial charge on any atom is -0.495 e. The molecule has 0 fully saturated rings. The fourth-order valence-electron chi connectivity index (χ4n) is 1.13. The summed E-state index contributed by atoms with van der Waals surface area (Å²) in [4.78, 5) is 11.7. The number of benzene rings is 1. The van der Waals surface area contributed by atoms with Crippen molar-refractivity contribution in [3.63, 3.8) is 0 Å². The molecule has 0 bridgehead atoms. The second-order valence-corrected chi connectivity index (χ2v) is 4.28. The Bertz CT molecular complexity index is 418. The van der Waals surface area contributed by atoms with Crippen molar-refractivity contribution in [1.29, 1.82) is 0 Å². The number of carbonyl (C=O) groups excluding carboxylic acids is 1. The minimum absolute atomic E-state index is 0.195. The van der Waals surface area contributed by atoms with Gasteiger partial charge in [-0.3, -0.25) is 4.79 Å². The van der Waals surface area contributed by atoms with E-state index < -0.39 is 0 Å². The smallest absolute Gasteiger partial charge is 0.251 e. The molecule has 0 aliphatic heterocycles. The second kappa shape index (κ2) is 5.55. The maximum absolute atomic E-state index is 11.7. The van der Waals surface area contributed by atoms with Crippen molar-refractivity contribution in [3.8, 4) is 5.75 Å². The molecule has 86 valence electrons. The summed E-state index contributed by atoms with van der Waals surface area (Å²) < 4.78 is 5.74. The molecule has 0 radical (unpaired) electrons. The topological polar surface area (TPSA) is 64.4 Å². The van der Waals surface area contributed by atoms with Crippen molar-refractivity contribution < 1.29 is 9.53 Å². The number of nitrogens with one attached hydrogen (secondary N) is 1. The SMILES string of the molecule is C=C(Br)CNC(=O)c1ccc(N)c(OC)c1. The van der Waals surface area contributed by atoms with Crippen LogP contribution in [0.2, 0.25) is 0 Å². The fraction of sp³-hybridized carbons (Fsp3) is 0.182. The third kappa shape index (κ3) is 3.27. The van der Waals surface area contributed by atoms with Crippen LogP contribution in [0.4, 0.5) is 5.69 Å². The van der Waals surface area contributed by atoms with Crippen LogP contribution in [0.3, 0.4) is 0 Å². The number of amides is 1. The average molecular weight is 285 g/mol. The summed E-state index contributed by atoms with van der Waals surface area (Å²) in [6, 6.07) is 4.88. The number of nitrogen functional groups attached to an aromatic ring is 1. The molecule has 0 spiro atoms. The molecule has 0 aliphatic carbocycles. The molecule has 3 N–H and O–H groups in total. The van der Waals surface area contributed by atoms with Gasteiger partial charge in [0.05, 0.1) is 12.8 Å². The van der Waals surface area contributed by atoms with E-state index in [9.17, 15) is 4.79 Å². The first-order valence-electron chi connectivity index (χ1n) is 4.59. The van der Waals surface area contributed by atoms with Gasteiger partial charge in [-0.15, -0.1) is 0 Å². The number of carbonyl (C=O) groups is 1. The van der Waals surface area contributed by atoms with Crippen LogP contribution < -0.4 is 15.8 Å². The molecule has 4 nitrogen and oxygen atoms in total. The summed E-state index contributed by atoms with van der Waals surface area (Å²) in [7, 11) is 1.51. The van der Waals surface area contributed by atoms with Crippen molar-refractivity contribution in [2.75, 3.05) is 19.4 Å². The molecule has 0 heterocycles. The molecule has 1 amide bonds. The zero-order valence-electron chi connectivity index (χ0n) is 8.92. The van der Waals surface area contributed by atoms with Gasteiger partial charge in [-0.05, 0) is 18.2 Å². The number of anilines is 1. The lowest BCUT2D eigenvalue weighted by Crippen LogP contribution is -2.24. The Morgan fingerprint density at radius 2 is 2.31 bits per heavy atom. The largest absolute Gasteiger partial charge is 0.495 e. The van der Waals surface area contributed by atoms with Gasteiger partial charge in [0, 0.05) is 16.6 Å². The highest BCUT2D eigenvalue weighted by Crippen LogP contribution is 2.21. The van der Waals surface area contributed by atoms with E-state index in [0.29, 0.717) is 28.0 Å². The molecule has 0 aliphatic rings. The van der Waals surface area contributed by atoms with Gasteiger partial charge in [0.15, 0.2) is 0 Å². The van der Waals surface area contributed by atoms with Crippen molar-refractivity contribution in [3.05, 3.63) is 34.8 Å². The first-order chi connectivity index (χ1) is 7.54. The van der Waals surface area contributed by atoms with Crippen molar-refractivity contribution in [2.24, 2.45) is 0 Å². The zero-order valence-corrected chi connectivity index (χ0v) is 10.5. The van der Waals surface area contributed by atoms with Gasteiger partial charge < -0.3 is 15.8 Å². The Kier molecular flexibility index (Phi) is 4.37. The summed E-state index contributed by atoms with van der Waals surface area (Å²) in [6.45, 7) is 4.01. The van der Waals surface area contributed by atoms with E-state index in [4.69, 9.17) is 10.5 Å². The van der Waals surface area contributed by atoms with Crippen LogP contribution in [0.5, 0.6) is 5.75 Å². The third-order valence-electron chi connectivity index (χ3n) is 1.94. The fourth-order valence-corrected chi connectivity index (χ4v) is 1.27. The van der Waals surface area contributed by atoms with E-state index >= 15 is 0 Å². The van der Waals surface area contributed by atoms with E-state index in [0.717, 1.165) is 0 Å². The van der Waals surface area contributed by atoms with E-state index in [2.05, 4.69) is 27.8 Å². The highest BCUT2D eigenvalue weighted by molar-refractivity contribution is 9.11. The molecular weight excluding hydrogens is 272 g/mol. The van der Waals surface area contributed by atoms with Gasteiger partial charge in [0.25, 0.3) is 5.91 Å². The Labute approximate surface area is 103 Å². The Balaban J connectivity index is 2.80. The quantitative estimate of drug-likeness (QED) is 0.831. The summed E-state index contributed by atoms with van der Waals surface area (Å²) in [5.74, 6) is 0.296. The highest BCUT2D eigenvalue weighted by Gasteiger charge is 2.08. The normalized spacial score (nSPS) is 9.62. The standard InChI is InChI=1S/C11H13BrN2O2/c1-7(12)6-14-11(15)8-3-4-9(13)10(5-8)16-2/h3-5H,1,6,13H2,2H3,(H,14,15). The van der Waals surface area contributed by atoms with Gasteiger partial charge in [-0.1, -0.05) is 22.5 Å². The van der Waals surface area contributed by atoms with Crippen molar-refractivity contribution in [1.82, 2.24) is 5.32 Å². The predicted octanol–water partition coefficient (Wildman–Crippen LogP) is 1.92. The predicted molar refractivity (Wildman–Crippen MR) is 67.8 cm³/mol. The Hall–Kier alpha value is -1.49. The summed E-state index contributed by atoms with van der Waals surface area (Å²) in [6.07, 6.45) is 0. The monoisotopic (exact) mass is 284 g/mol. The number of methoxy groups -OCH3 is 1. The van der Waals surface area contributed by atoms with E-state index in [-0.39, 0.29) is 5.91 Å². The highest BCUT2D eigenvalue weighted by atomic mass is 79.9. The van der Waals surface area contributed by atoms with Crippen LogP contribution in [0.15, 0.2) is 29.3 Å². The number of hydrogen-bond donors (Lipinski definition) is 2. The average Bonchev–Trinajstić information content (AvgIpc) is 2.26. The maximum Gasteiger partial charge on any atom is 0.251 e. The van der Waals surface area contributed by atoms with Crippen LogP contribution in [0.25, 0.3) is 0 Å². The van der Waals surface area contributed by atoms with Crippen LogP contribution >= 0.6 is 15.9 Å². The number of nitrogens with two attached hydrogens (primary N) is 1. The van der Waals surface area contributed by atoms with E-state index in [1.165, 1.54) is 7.11 Å². The number of halogens is 1. The second-order valence-electron chi connectivity index (χ2n) is 3.16. The van der Waals surface area contributed by atoms with Crippen LogP contribution in [-0.4, -0.2) is 19.6 Å². The van der Waals surface area contributed by atoms with Crippen LogP contribution in [-0.2, 0) is 0 Å². The first kappa shape index (κ1) is 12.6. The maximum atomic E-state index is 11.7. The van der Waals surface area contributed by atoms with Gasteiger partial charge in [-0.25, -0.2) is 0 Å². The van der Waals surface area contributed by atoms with E-state index in [1.807, 2.05) is 0 Å². The molecular formula is C11H13BrN2O2. The van der Waals surface area contributed by atoms with Gasteiger partial charge in [0.2, 0.25) is 0 Å². The van der Waals surface area contributed by atoms with Gasteiger partial charge in [0.1, 0.15) is 5.75 Å². The summed E-state index contributed by atoms with van der Waals surface area (Å²) in [5, 5.41) is 2.69. The Morgan fingerprint density at radius 1 is 1.62 bits per heavy atom. The van der Waals surface area contributed by atoms with Crippen LogP contribution in [0, 0.1) is 0 Å². The van der Waals surface area contributed by atoms with Crippen molar-refractivity contribution >= 4 is 27.5 Å². The van der Waals surface area contributed by atoms with Crippen LogP contribution in [0.1, 0.15) is 10.4 Å². The molecule has 0 atom stereocenters. The van der Waals surface area contributed by atoms with E-state index in [1.54, 1.807) is 18.2 Å². The first-order valence-corrected chi connectivity index (χ1v) is 5.39. The molecule has 0 unspecified atom stereocenters. The summed E-state index contributed by atoms with van der Waals surface area (Å²) >= 11 is 3.16. The summed E-state index contributed by atoms with van der Waals surface area (Å²) in [5.41, 5.74) is 6.65. The molecule has 1 rings (SSSR count). The molecule has 5 heteroatoms. The van der Waals surface area contributed by atoms with Gasteiger partial charge in [-0.2, -0.15) is 0 Å². The van der Waals surface area contributed by atoms with Gasteiger partial charge >= 0.3 is 0 Å². The Morgan fingerprint density at radius 3 is 2.88 bits per heavy atom. The molecule has 0 saturated carbocycles. The molecule has 1 aromatic carbocycles. The molecule has 0 saturated heterocycles. The molecule has 0 aromatic heterocycles. The third-order valence-corrected chi connectivity index (χ3v) is 2.22. The lowest BCUT2D eigenvalue weighted by atomic mass is 10.2. The lowest BCUT2D eigenvalue weighted by molar-refractivity contribution is 0.0957. The van der Waals surface area contributed by atoms with Crippen molar-refractivity contribution in [2.45, 2.75) is 0 Å². The zero-order chi connectivity index (χ0) is 12.1. The minimum atomic E-state index is -0.195. The number of ether oxygens (including phenoxy) is 1. The number of rotatable bonds is 4. The lowest BCUT2D eigenvalue weighted by Gasteiger charge is -2.07. The number of hydrogen-bond acceptors (Lipinski definition) is 3. The molecule has 1 aromatic rings. The molecule has 16 heavy (non-hydrogen) atoms.